The third-order valence-electron chi connectivity index (χ3n) is 2.57. The molecule has 0 radical (unpaired) electrons. The quantitative estimate of drug-likeness (QED) is 0.730. The number of carbonyl (C=O) groups excluding carboxylic acids is 1. The molecular formula is C13H9F3O. The number of halogens is 3. The molecule has 0 saturated heterocycles. The number of rotatable bonds is 2. The molecule has 1 nitrogen and oxygen atoms in total. The number of hydrogen-bond acceptors (Lipinski definition) is 1. The van der Waals surface area contributed by atoms with E-state index in [-0.39, 0.29) is 11.8 Å². The largest absolute Gasteiger partial charge is 0.417 e. The minimum atomic E-state index is -4.36. The molecule has 17 heavy (non-hydrogen) atoms. The summed E-state index contributed by atoms with van der Waals surface area (Å²) in [5, 5.41) is 0.661. The summed E-state index contributed by atoms with van der Waals surface area (Å²) in [7, 11) is 0. The first kappa shape index (κ1) is 11.6. The second-order valence-electron chi connectivity index (χ2n) is 3.73. The van der Waals surface area contributed by atoms with Crippen LogP contribution >= 0.6 is 0 Å². The average molecular weight is 238 g/mol. The first-order valence-electron chi connectivity index (χ1n) is 5.05. The molecule has 88 valence electrons. The van der Waals surface area contributed by atoms with Gasteiger partial charge < -0.3 is 4.79 Å². The van der Waals surface area contributed by atoms with Gasteiger partial charge in [-0.3, -0.25) is 0 Å². The molecule has 2 aromatic rings. The van der Waals surface area contributed by atoms with Crippen LogP contribution in [0.1, 0.15) is 11.1 Å². The predicted molar refractivity (Wildman–Crippen MR) is 58.7 cm³/mol. The van der Waals surface area contributed by atoms with E-state index in [9.17, 15) is 18.0 Å². The van der Waals surface area contributed by atoms with E-state index in [0.717, 1.165) is 12.4 Å². The Balaban J connectivity index is 2.63. The van der Waals surface area contributed by atoms with Crippen molar-refractivity contribution in [3.8, 4) is 0 Å². The SMILES string of the molecule is O=CCc1ccc2c(C(F)(F)F)cccc2c1. The average Bonchev–Trinajstić information content (AvgIpc) is 2.27. The molecule has 0 fully saturated rings. The van der Waals surface area contributed by atoms with E-state index in [0.29, 0.717) is 10.9 Å². The van der Waals surface area contributed by atoms with Crippen molar-refractivity contribution >= 4 is 17.1 Å². The Labute approximate surface area is 95.9 Å². The van der Waals surface area contributed by atoms with E-state index in [1.807, 2.05) is 0 Å². The predicted octanol–water partition coefficient (Wildman–Crippen LogP) is 3.60. The molecule has 0 amide bonds. The van der Waals surface area contributed by atoms with Crippen LogP contribution in [0.4, 0.5) is 13.2 Å². The van der Waals surface area contributed by atoms with Crippen molar-refractivity contribution in [1.82, 2.24) is 0 Å². The van der Waals surface area contributed by atoms with Gasteiger partial charge in [-0.05, 0) is 22.4 Å². The molecular weight excluding hydrogens is 229 g/mol. The lowest BCUT2D eigenvalue weighted by atomic mass is 10.0. The number of carbonyl (C=O) groups is 1. The van der Waals surface area contributed by atoms with Gasteiger partial charge in [-0.25, -0.2) is 0 Å². The highest BCUT2D eigenvalue weighted by molar-refractivity contribution is 5.87. The van der Waals surface area contributed by atoms with Crippen molar-refractivity contribution in [2.24, 2.45) is 0 Å². The molecule has 0 aliphatic heterocycles. The van der Waals surface area contributed by atoms with Crippen LogP contribution in [0.25, 0.3) is 10.8 Å². The van der Waals surface area contributed by atoms with Gasteiger partial charge in [0.1, 0.15) is 6.29 Å². The first-order chi connectivity index (χ1) is 8.02. The fraction of sp³-hybridized carbons (Fsp3) is 0.154. The summed E-state index contributed by atoms with van der Waals surface area (Å²) in [6.07, 6.45) is -3.41. The van der Waals surface area contributed by atoms with Gasteiger partial charge in [-0.2, -0.15) is 13.2 Å². The highest BCUT2D eigenvalue weighted by Crippen LogP contribution is 2.34. The summed E-state index contributed by atoms with van der Waals surface area (Å²) in [6.45, 7) is 0. The summed E-state index contributed by atoms with van der Waals surface area (Å²) in [6, 6.07) is 8.61. The zero-order chi connectivity index (χ0) is 12.5. The van der Waals surface area contributed by atoms with Crippen LogP contribution in [0.5, 0.6) is 0 Å². The van der Waals surface area contributed by atoms with Crippen molar-refractivity contribution in [3.05, 3.63) is 47.5 Å². The van der Waals surface area contributed by atoms with Gasteiger partial charge in [0.2, 0.25) is 0 Å². The Morgan fingerprint density at radius 3 is 2.53 bits per heavy atom. The third kappa shape index (κ3) is 2.30. The van der Waals surface area contributed by atoms with Gasteiger partial charge in [-0.15, -0.1) is 0 Å². The summed E-state index contributed by atoms with van der Waals surface area (Å²) in [5.41, 5.74) is 0.0690. The van der Waals surface area contributed by atoms with Crippen LogP contribution in [0, 0.1) is 0 Å². The molecule has 0 aromatic heterocycles. The molecule has 0 spiro atoms. The maximum atomic E-state index is 12.7. The number of aldehydes is 1. The van der Waals surface area contributed by atoms with Crippen molar-refractivity contribution in [1.29, 1.82) is 0 Å². The van der Waals surface area contributed by atoms with E-state index in [2.05, 4.69) is 0 Å². The van der Waals surface area contributed by atoms with Crippen LogP contribution in [0.15, 0.2) is 36.4 Å². The van der Waals surface area contributed by atoms with Crippen LogP contribution in [0.2, 0.25) is 0 Å². The Morgan fingerprint density at radius 1 is 1.12 bits per heavy atom. The molecule has 2 rings (SSSR count). The minimum Gasteiger partial charge on any atom is -0.303 e. The topological polar surface area (TPSA) is 17.1 Å². The lowest BCUT2D eigenvalue weighted by molar-refractivity contribution is -0.136. The number of hydrogen-bond donors (Lipinski definition) is 0. The van der Waals surface area contributed by atoms with Crippen LogP contribution < -0.4 is 0 Å². The summed E-state index contributed by atoms with van der Waals surface area (Å²) >= 11 is 0. The molecule has 4 heteroatoms. The number of benzene rings is 2. The van der Waals surface area contributed by atoms with Gasteiger partial charge >= 0.3 is 6.18 Å². The van der Waals surface area contributed by atoms with Gasteiger partial charge in [0, 0.05) is 6.42 Å². The van der Waals surface area contributed by atoms with Crippen LogP contribution in [-0.2, 0) is 17.4 Å². The Morgan fingerprint density at radius 2 is 1.88 bits per heavy atom. The lowest BCUT2D eigenvalue weighted by Crippen LogP contribution is -2.05. The zero-order valence-electron chi connectivity index (χ0n) is 8.79. The Hall–Kier alpha value is -1.84. The van der Waals surface area contributed by atoms with E-state index < -0.39 is 11.7 Å². The summed E-state index contributed by atoms with van der Waals surface area (Å²) in [4.78, 5) is 10.4. The van der Waals surface area contributed by atoms with Gasteiger partial charge in [0.25, 0.3) is 0 Å². The molecule has 0 atom stereocenters. The molecule has 0 aliphatic carbocycles. The highest BCUT2D eigenvalue weighted by Gasteiger charge is 2.32. The highest BCUT2D eigenvalue weighted by atomic mass is 19.4. The monoisotopic (exact) mass is 238 g/mol. The molecule has 0 bridgehead atoms. The van der Waals surface area contributed by atoms with E-state index in [4.69, 9.17) is 0 Å². The molecule has 0 unspecified atom stereocenters. The van der Waals surface area contributed by atoms with Crippen molar-refractivity contribution < 1.29 is 18.0 Å². The molecule has 0 heterocycles. The molecule has 0 aliphatic rings. The van der Waals surface area contributed by atoms with Crippen LogP contribution in [-0.4, -0.2) is 6.29 Å². The number of alkyl halides is 3. The van der Waals surface area contributed by atoms with Gasteiger partial charge in [0.15, 0.2) is 0 Å². The lowest BCUT2D eigenvalue weighted by Gasteiger charge is -2.10. The number of fused-ring (bicyclic) bond motifs is 1. The standard InChI is InChI=1S/C13H9F3O/c14-13(15,16)12-3-1-2-10-8-9(6-7-17)4-5-11(10)12/h1-5,7-8H,6H2. The summed E-state index contributed by atoms with van der Waals surface area (Å²) in [5.74, 6) is 0. The minimum absolute atomic E-state index is 0.162. The first-order valence-corrected chi connectivity index (χ1v) is 5.05. The van der Waals surface area contributed by atoms with Crippen LogP contribution in [0.3, 0.4) is 0 Å². The smallest absolute Gasteiger partial charge is 0.303 e. The third-order valence-corrected chi connectivity index (χ3v) is 2.57. The second-order valence-corrected chi connectivity index (χ2v) is 3.73. The van der Waals surface area contributed by atoms with E-state index >= 15 is 0 Å². The summed E-state index contributed by atoms with van der Waals surface area (Å²) < 4.78 is 38.1. The van der Waals surface area contributed by atoms with E-state index in [1.54, 1.807) is 18.2 Å². The normalized spacial score (nSPS) is 11.7. The fourth-order valence-electron chi connectivity index (χ4n) is 1.80. The van der Waals surface area contributed by atoms with Crippen molar-refractivity contribution in [3.63, 3.8) is 0 Å². The van der Waals surface area contributed by atoms with Crippen molar-refractivity contribution in [2.45, 2.75) is 12.6 Å². The second kappa shape index (κ2) is 4.20. The Kier molecular flexibility index (Phi) is 2.88. The molecule has 2 aromatic carbocycles. The maximum absolute atomic E-state index is 12.7. The maximum Gasteiger partial charge on any atom is 0.417 e. The fourth-order valence-corrected chi connectivity index (χ4v) is 1.80. The Bertz CT molecular complexity index is 558. The van der Waals surface area contributed by atoms with Gasteiger partial charge in [-0.1, -0.05) is 30.3 Å². The van der Waals surface area contributed by atoms with Crippen molar-refractivity contribution in [2.75, 3.05) is 0 Å². The zero-order valence-corrected chi connectivity index (χ0v) is 8.79. The van der Waals surface area contributed by atoms with Gasteiger partial charge in [0.05, 0.1) is 5.56 Å². The van der Waals surface area contributed by atoms with E-state index in [1.165, 1.54) is 12.1 Å². The molecule has 0 N–H and O–H groups in total. The molecule has 0 saturated carbocycles.